The third-order valence-electron chi connectivity index (χ3n) is 4.03. The van der Waals surface area contributed by atoms with E-state index in [9.17, 15) is 0 Å². The molecule has 3 aromatic rings. The van der Waals surface area contributed by atoms with E-state index >= 15 is 0 Å². The molecule has 0 radical (unpaired) electrons. The molecule has 0 saturated carbocycles. The second-order valence-corrected chi connectivity index (χ2v) is 6.62. The van der Waals surface area contributed by atoms with Gasteiger partial charge in [-0.2, -0.15) is 5.10 Å². The van der Waals surface area contributed by atoms with Gasteiger partial charge in [0.1, 0.15) is 12.4 Å². The van der Waals surface area contributed by atoms with Crippen LogP contribution in [0.1, 0.15) is 11.1 Å². The zero-order valence-electron chi connectivity index (χ0n) is 13.5. The summed E-state index contributed by atoms with van der Waals surface area (Å²) in [6, 6.07) is 28.6. The predicted molar refractivity (Wildman–Crippen MR) is 107 cm³/mol. The molecule has 0 spiro atoms. The van der Waals surface area contributed by atoms with Crippen molar-refractivity contribution in [3.63, 3.8) is 0 Å². The van der Waals surface area contributed by atoms with E-state index in [0.29, 0.717) is 6.67 Å². The van der Waals surface area contributed by atoms with E-state index in [1.807, 2.05) is 65.7 Å². The van der Waals surface area contributed by atoms with Crippen LogP contribution in [0.5, 0.6) is 0 Å². The average molecular weight is 390 g/mol. The van der Waals surface area contributed by atoms with Gasteiger partial charge in [0.2, 0.25) is 0 Å². The van der Waals surface area contributed by atoms with Crippen LogP contribution < -0.4 is 5.01 Å². The Hall–Kier alpha value is -2.72. The van der Waals surface area contributed by atoms with Crippen LogP contribution in [0.3, 0.4) is 0 Å². The van der Waals surface area contributed by atoms with Crippen LogP contribution in [-0.2, 0) is 0 Å². The number of hydrogen-bond donors (Lipinski definition) is 0. The van der Waals surface area contributed by atoms with Crippen molar-refractivity contribution in [3.05, 3.63) is 101 Å². The SMILES string of the molecule is Brc1ccc(N2CN=C(c3ccccc3)C(c3ccccc3)=N2)cc1. The summed E-state index contributed by atoms with van der Waals surface area (Å²) in [6.45, 7) is 0.502. The lowest BCUT2D eigenvalue weighted by atomic mass is 9.99. The smallest absolute Gasteiger partial charge is 0.132 e. The van der Waals surface area contributed by atoms with Gasteiger partial charge in [0.25, 0.3) is 0 Å². The summed E-state index contributed by atoms with van der Waals surface area (Å²) < 4.78 is 1.05. The van der Waals surface area contributed by atoms with E-state index in [1.54, 1.807) is 0 Å². The summed E-state index contributed by atoms with van der Waals surface area (Å²) in [4.78, 5) is 4.84. The van der Waals surface area contributed by atoms with Crippen LogP contribution in [0, 0.1) is 0 Å². The maximum atomic E-state index is 4.91. The fourth-order valence-corrected chi connectivity index (χ4v) is 3.04. The number of rotatable bonds is 3. The highest BCUT2D eigenvalue weighted by Crippen LogP contribution is 2.22. The van der Waals surface area contributed by atoms with E-state index < -0.39 is 0 Å². The summed E-state index contributed by atoms with van der Waals surface area (Å²) in [5.41, 5.74) is 4.99. The third-order valence-corrected chi connectivity index (χ3v) is 4.56. The number of nitrogens with zero attached hydrogens (tertiary/aromatic N) is 3. The molecule has 3 aromatic carbocycles. The van der Waals surface area contributed by atoms with Crippen LogP contribution >= 0.6 is 15.9 Å². The van der Waals surface area contributed by atoms with Crippen molar-refractivity contribution in [1.29, 1.82) is 0 Å². The lowest BCUT2D eigenvalue weighted by Gasteiger charge is -2.25. The van der Waals surface area contributed by atoms with Gasteiger partial charge in [0.05, 0.1) is 11.4 Å². The van der Waals surface area contributed by atoms with E-state index in [0.717, 1.165) is 32.7 Å². The number of hydrogen-bond acceptors (Lipinski definition) is 3. The fourth-order valence-electron chi connectivity index (χ4n) is 2.78. The normalized spacial score (nSPS) is 14.0. The Kier molecular flexibility index (Phi) is 4.44. The van der Waals surface area contributed by atoms with Crippen molar-refractivity contribution >= 4 is 33.0 Å². The molecule has 0 bridgehead atoms. The van der Waals surface area contributed by atoms with Crippen molar-refractivity contribution in [2.75, 3.05) is 11.7 Å². The maximum Gasteiger partial charge on any atom is 0.132 e. The number of benzene rings is 3. The Morgan fingerprint density at radius 2 is 1.24 bits per heavy atom. The van der Waals surface area contributed by atoms with Gasteiger partial charge in [0, 0.05) is 15.6 Å². The van der Waals surface area contributed by atoms with Crippen LogP contribution in [-0.4, -0.2) is 18.1 Å². The first-order valence-corrected chi connectivity index (χ1v) is 8.88. The molecule has 0 aromatic heterocycles. The average Bonchev–Trinajstić information content (AvgIpc) is 2.69. The molecule has 0 aliphatic carbocycles. The molecule has 0 atom stereocenters. The molecule has 1 heterocycles. The maximum absolute atomic E-state index is 4.91. The summed E-state index contributed by atoms with van der Waals surface area (Å²) in [7, 11) is 0. The van der Waals surface area contributed by atoms with Crippen molar-refractivity contribution in [2.24, 2.45) is 10.1 Å². The van der Waals surface area contributed by atoms with Crippen LogP contribution in [0.25, 0.3) is 0 Å². The second-order valence-electron chi connectivity index (χ2n) is 5.70. The van der Waals surface area contributed by atoms with E-state index in [-0.39, 0.29) is 0 Å². The Morgan fingerprint density at radius 3 is 1.84 bits per heavy atom. The van der Waals surface area contributed by atoms with E-state index in [2.05, 4.69) is 40.2 Å². The highest BCUT2D eigenvalue weighted by molar-refractivity contribution is 9.10. The van der Waals surface area contributed by atoms with Crippen LogP contribution in [0.15, 0.2) is 99.5 Å². The number of hydrazone groups is 1. The first-order chi connectivity index (χ1) is 12.3. The van der Waals surface area contributed by atoms with E-state index in [4.69, 9.17) is 10.1 Å². The zero-order valence-corrected chi connectivity index (χ0v) is 15.1. The third kappa shape index (κ3) is 3.39. The molecule has 1 aliphatic heterocycles. The molecule has 25 heavy (non-hydrogen) atoms. The van der Waals surface area contributed by atoms with Crippen molar-refractivity contribution in [2.45, 2.75) is 0 Å². The van der Waals surface area contributed by atoms with Gasteiger partial charge in [-0.1, -0.05) is 76.6 Å². The molecular weight excluding hydrogens is 374 g/mol. The van der Waals surface area contributed by atoms with Gasteiger partial charge in [-0.3, -0.25) is 4.99 Å². The Bertz CT molecular complexity index is 916. The Labute approximate surface area is 155 Å². The number of anilines is 1. The second kappa shape index (κ2) is 7.03. The Balaban J connectivity index is 1.78. The molecule has 1 aliphatic rings. The molecule has 4 rings (SSSR count). The molecule has 4 heteroatoms. The molecule has 0 fully saturated rings. The number of aliphatic imine (C=N–C) groups is 1. The number of halogens is 1. The Morgan fingerprint density at radius 1 is 0.680 bits per heavy atom. The predicted octanol–water partition coefficient (Wildman–Crippen LogP) is 5.12. The zero-order chi connectivity index (χ0) is 17.1. The first-order valence-electron chi connectivity index (χ1n) is 8.08. The van der Waals surface area contributed by atoms with Gasteiger partial charge in [-0.05, 0) is 24.3 Å². The van der Waals surface area contributed by atoms with Gasteiger partial charge >= 0.3 is 0 Å². The highest BCUT2D eigenvalue weighted by atomic mass is 79.9. The van der Waals surface area contributed by atoms with Gasteiger partial charge in [0.15, 0.2) is 0 Å². The van der Waals surface area contributed by atoms with E-state index in [1.165, 1.54) is 0 Å². The first kappa shape index (κ1) is 15.8. The topological polar surface area (TPSA) is 28.0 Å². The lowest BCUT2D eigenvalue weighted by molar-refractivity contribution is 0.858. The van der Waals surface area contributed by atoms with Crippen molar-refractivity contribution < 1.29 is 0 Å². The molecule has 122 valence electrons. The molecular formula is C21H16BrN3. The summed E-state index contributed by atoms with van der Waals surface area (Å²) in [5.74, 6) is 0. The molecule has 3 nitrogen and oxygen atoms in total. The van der Waals surface area contributed by atoms with Gasteiger partial charge in [-0.15, -0.1) is 0 Å². The molecule has 0 N–H and O–H groups in total. The minimum Gasteiger partial charge on any atom is -0.259 e. The standard InChI is InChI=1S/C21H16BrN3/c22-18-11-13-19(14-12-18)25-15-23-20(16-7-3-1-4-8-16)21(24-25)17-9-5-2-6-10-17/h1-14H,15H2. The molecule has 0 amide bonds. The van der Waals surface area contributed by atoms with Crippen molar-refractivity contribution in [1.82, 2.24) is 0 Å². The summed E-state index contributed by atoms with van der Waals surface area (Å²) in [6.07, 6.45) is 0. The summed E-state index contributed by atoms with van der Waals surface area (Å²) in [5, 5.41) is 6.85. The van der Waals surface area contributed by atoms with Gasteiger partial charge < -0.3 is 0 Å². The van der Waals surface area contributed by atoms with Gasteiger partial charge in [-0.25, -0.2) is 5.01 Å². The monoisotopic (exact) mass is 389 g/mol. The summed E-state index contributed by atoms with van der Waals surface area (Å²) >= 11 is 3.48. The van der Waals surface area contributed by atoms with Crippen LogP contribution in [0.4, 0.5) is 5.69 Å². The largest absolute Gasteiger partial charge is 0.259 e. The quantitative estimate of drug-likeness (QED) is 0.610. The lowest BCUT2D eigenvalue weighted by Crippen LogP contribution is -2.31. The van der Waals surface area contributed by atoms with Crippen LogP contribution in [0.2, 0.25) is 0 Å². The fraction of sp³-hybridized carbons (Fsp3) is 0.0476. The van der Waals surface area contributed by atoms with Crippen molar-refractivity contribution in [3.8, 4) is 0 Å². The molecule has 0 saturated heterocycles. The molecule has 0 unspecified atom stereocenters. The highest BCUT2D eigenvalue weighted by Gasteiger charge is 2.20. The minimum absolute atomic E-state index is 0.502. The minimum atomic E-state index is 0.502.